The minimum Gasteiger partial charge on any atom is -0.369 e. The van der Waals surface area contributed by atoms with Crippen LogP contribution in [0.4, 0.5) is 0 Å². The van der Waals surface area contributed by atoms with Gasteiger partial charge in [0.05, 0.1) is 17.6 Å². The first-order valence-corrected chi connectivity index (χ1v) is 11.2. The third kappa shape index (κ3) is 4.43. The number of piperidine rings is 1. The number of primary amides is 1. The van der Waals surface area contributed by atoms with Crippen LogP contribution in [0.2, 0.25) is 0 Å². The molecule has 30 heavy (non-hydrogen) atoms. The number of rotatable bonds is 7. The molecule has 2 amide bonds. The number of benzene rings is 1. The quantitative estimate of drug-likeness (QED) is 0.633. The highest BCUT2D eigenvalue weighted by molar-refractivity contribution is 7.99. The highest BCUT2D eigenvalue weighted by atomic mass is 32.2. The number of nitrogens with two attached hydrogens (primary N) is 1. The van der Waals surface area contributed by atoms with Gasteiger partial charge in [0.2, 0.25) is 11.8 Å². The number of amides is 2. The number of aromatic nitrogens is 3. The first kappa shape index (κ1) is 20.3. The van der Waals surface area contributed by atoms with Crippen LogP contribution >= 0.6 is 11.8 Å². The molecule has 0 spiro atoms. The second-order valence-corrected chi connectivity index (χ2v) is 8.37. The summed E-state index contributed by atoms with van der Waals surface area (Å²) in [5.74, 6) is 1.82. The van der Waals surface area contributed by atoms with Gasteiger partial charge in [-0.1, -0.05) is 18.2 Å². The van der Waals surface area contributed by atoms with Gasteiger partial charge in [-0.05, 0) is 37.1 Å². The van der Waals surface area contributed by atoms with Gasteiger partial charge in [0.15, 0.2) is 0 Å². The molecule has 2 N–H and O–H groups in total. The molecule has 0 aliphatic carbocycles. The van der Waals surface area contributed by atoms with Crippen molar-refractivity contribution in [2.75, 3.05) is 18.8 Å². The number of nitrogens with zero attached hydrogens (tertiary/aromatic N) is 4. The highest BCUT2D eigenvalue weighted by Gasteiger charge is 2.25. The molecule has 2 aromatic heterocycles. The van der Waals surface area contributed by atoms with Gasteiger partial charge in [0.25, 0.3) is 0 Å². The minimum absolute atomic E-state index is 0.102. The van der Waals surface area contributed by atoms with E-state index in [1.165, 1.54) is 0 Å². The Morgan fingerprint density at radius 2 is 1.77 bits per heavy atom. The maximum Gasteiger partial charge on any atom is 0.232 e. The van der Waals surface area contributed by atoms with Gasteiger partial charge >= 0.3 is 0 Å². The van der Waals surface area contributed by atoms with E-state index >= 15 is 0 Å². The van der Waals surface area contributed by atoms with E-state index in [9.17, 15) is 9.59 Å². The van der Waals surface area contributed by atoms with Gasteiger partial charge in [0, 0.05) is 42.7 Å². The third-order valence-corrected chi connectivity index (χ3v) is 6.37. The number of likely N-dealkylation sites (tertiary alicyclic amines) is 1. The summed E-state index contributed by atoms with van der Waals surface area (Å²) in [6.07, 6.45) is 7.19. The molecular weight excluding hydrogens is 398 g/mol. The predicted molar refractivity (Wildman–Crippen MR) is 118 cm³/mol. The largest absolute Gasteiger partial charge is 0.369 e. The van der Waals surface area contributed by atoms with E-state index in [0.29, 0.717) is 37.4 Å². The minimum atomic E-state index is -0.260. The van der Waals surface area contributed by atoms with Gasteiger partial charge < -0.3 is 15.2 Å². The van der Waals surface area contributed by atoms with Crippen LogP contribution in [0.25, 0.3) is 11.5 Å². The Balaban J connectivity index is 1.41. The van der Waals surface area contributed by atoms with Crippen molar-refractivity contribution in [3.8, 4) is 11.5 Å². The average Bonchev–Trinajstić information content (AvgIpc) is 3.44. The first-order valence-electron chi connectivity index (χ1n) is 10.0. The number of thioether (sulfide) groups is 1. The Bertz CT molecular complexity index is 992. The van der Waals surface area contributed by atoms with E-state index in [4.69, 9.17) is 5.73 Å². The van der Waals surface area contributed by atoms with Crippen LogP contribution in [-0.2, 0) is 15.3 Å². The second-order valence-electron chi connectivity index (χ2n) is 7.38. The number of hydrogen-bond acceptors (Lipinski definition) is 4. The molecule has 1 fully saturated rings. The fourth-order valence-corrected chi connectivity index (χ4v) is 4.62. The van der Waals surface area contributed by atoms with Crippen molar-refractivity contribution in [1.29, 1.82) is 0 Å². The van der Waals surface area contributed by atoms with Crippen LogP contribution in [0.15, 0.2) is 61.1 Å². The normalized spacial score (nSPS) is 14.7. The van der Waals surface area contributed by atoms with Crippen molar-refractivity contribution in [3.05, 3.63) is 66.6 Å². The number of carbonyl (C=O) groups excluding carboxylic acids is 2. The summed E-state index contributed by atoms with van der Waals surface area (Å²) in [6.45, 7) is 1.21. The number of para-hydroxylation sites is 1. The van der Waals surface area contributed by atoms with Crippen molar-refractivity contribution in [1.82, 2.24) is 19.2 Å². The molecule has 1 saturated heterocycles. The van der Waals surface area contributed by atoms with Crippen LogP contribution < -0.4 is 5.73 Å². The monoisotopic (exact) mass is 423 g/mol. The van der Waals surface area contributed by atoms with E-state index in [1.807, 2.05) is 75.2 Å². The number of hydrogen-bond donors (Lipinski definition) is 1. The van der Waals surface area contributed by atoms with Crippen molar-refractivity contribution in [3.63, 3.8) is 0 Å². The van der Waals surface area contributed by atoms with Crippen LogP contribution in [0.5, 0.6) is 0 Å². The van der Waals surface area contributed by atoms with E-state index in [-0.39, 0.29) is 17.7 Å². The van der Waals surface area contributed by atoms with E-state index in [0.717, 1.165) is 17.1 Å². The Morgan fingerprint density at radius 1 is 1.07 bits per heavy atom. The van der Waals surface area contributed by atoms with Gasteiger partial charge in [-0.3, -0.25) is 9.59 Å². The summed E-state index contributed by atoms with van der Waals surface area (Å²) >= 11 is 1.59. The zero-order valence-corrected chi connectivity index (χ0v) is 17.5. The summed E-state index contributed by atoms with van der Waals surface area (Å²) in [7, 11) is 0. The maximum atomic E-state index is 12.6. The molecule has 0 bridgehead atoms. The standard InChI is InChI=1S/C22H25N5O2S/c23-21(29)17-8-12-25(13-9-17)20(28)16-30-15-18-14-24-27(19-6-2-1-3-7-19)22(18)26-10-4-5-11-26/h1-7,10-11,14,17H,8-9,12-13,15-16H2,(H2,23,29). The van der Waals surface area contributed by atoms with Crippen LogP contribution in [0.3, 0.4) is 0 Å². The molecule has 156 valence electrons. The van der Waals surface area contributed by atoms with Gasteiger partial charge in [-0.25, -0.2) is 4.68 Å². The smallest absolute Gasteiger partial charge is 0.232 e. The number of carbonyl (C=O) groups is 2. The van der Waals surface area contributed by atoms with E-state index < -0.39 is 0 Å². The Kier molecular flexibility index (Phi) is 6.23. The summed E-state index contributed by atoms with van der Waals surface area (Å²) in [6, 6.07) is 14.0. The molecule has 0 unspecified atom stereocenters. The summed E-state index contributed by atoms with van der Waals surface area (Å²) < 4.78 is 3.97. The molecule has 1 aliphatic heterocycles. The highest BCUT2D eigenvalue weighted by Crippen LogP contribution is 2.24. The average molecular weight is 424 g/mol. The predicted octanol–water partition coefficient (Wildman–Crippen LogP) is 2.62. The van der Waals surface area contributed by atoms with Crippen LogP contribution in [-0.4, -0.2) is 49.9 Å². The molecule has 0 saturated carbocycles. The molecule has 1 aliphatic rings. The Hall–Kier alpha value is -3.00. The Labute approximate surface area is 179 Å². The lowest BCUT2D eigenvalue weighted by atomic mass is 9.96. The fourth-order valence-electron chi connectivity index (χ4n) is 3.74. The molecule has 7 nitrogen and oxygen atoms in total. The first-order chi connectivity index (χ1) is 14.6. The lowest BCUT2D eigenvalue weighted by Crippen LogP contribution is -2.42. The molecule has 0 atom stereocenters. The van der Waals surface area contributed by atoms with Crippen molar-refractivity contribution in [2.45, 2.75) is 18.6 Å². The third-order valence-electron chi connectivity index (χ3n) is 5.40. The lowest BCUT2D eigenvalue weighted by molar-refractivity contribution is -0.132. The molecule has 8 heteroatoms. The van der Waals surface area contributed by atoms with Crippen LogP contribution in [0.1, 0.15) is 18.4 Å². The topological polar surface area (TPSA) is 86.2 Å². The van der Waals surface area contributed by atoms with Crippen molar-refractivity contribution < 1.29 is 9.59 Å². The summed E-state index contributed by atoms with van der Waals surface area (Å²) in [5, 5.41) is 4.60. The van der Waals surface area contributed by atoms with Gasteiger partial charge in [0.1, 0.15) is 5.82 Å². The zero-order chi connectivity index (χ0) is 20.9. The van der Waals surface area contributed by atoms with Crippen LogP contribution in [0, 0.1) is 5.92 Å². The SMILES string of the molecule is NC(=O)C1CCN(C(=O)CSCc2cnn(-c3ccccc3)c2-n2cccc2)CC1. The summed E-state index contributed by atoms with van der Waals surface area (Å²) in [5.41, 5.74) is 7.44. The van der Waals surface area contributed by atoms with E-state index in [1.54, 1.807) is 11.8 Å². The summed E-state index contributed by atoms with van der Waals surface area (Å²) in [4.78, 5) is 25.7. The maximum absolute atomic E-state index is 12.6. The molecular formula is C22H25N5O2S. The van der Waals surface area contributed by atoms with Crippen molar-refractivity contribution >= 4 is 23.6 Å². The zero-order valence-electron chi connectivity index (χ0n) is 16.7. The molecule has 4 rings (SSSR count). The lowest BCUT2D eigenvalue weighted by Gasteiger charge is -2.30. The Morgan fingerprint density at radius 3 is 2.43 bits per heavy atom. The molecule has 0 radical (unpaired) electrons. The second kappa shape index (κ2) is 9.21. The van der Waals surface area contributed by atoms with Crippen molar-refractivity contribution in [2.24, 2.45) is 11.7 Å². The molecule has 3 heterocycles. The van der Waals surface area contributed by atoms with E-state index in [2.05, 4.69) is 5.10 Å². The molecule has 3 aromatic rings. The van der Waals surface area contributed by atoms with Gasteiger partial charge in [-0.15, -0.1) is 11.8 Å². The molecule has 1 aromatic carbocycles. The fraction of sp³-hybridized carbons (Fsp3) is 0.318. The van der Waals surface area contributed by atoms with Gasteiger partial charge in [-0.2, -0.15) is 5.10 Å².